The maximum Gasteiger partial charge on any atom is 0.322 e. The molecule has 1 amide bonds. The molecular formula is C18H21N5O2. The van der Waals surface area contributed by atoms with E-state index in [4.69, 9.17) is 4.42 Å². The number of nitrogens with zero attached hydrogens (tertiary/aromatic N) is 4. The van der Waals surface area contributed by atoms with Crippen LogP contribution in [0.5, 0.6) is 0 Å². The minimum Gasteiger partial charge on any atom is -0.407 e. The summed E-state index contributed by atoms with van der Waals surface area (Å²) in [4.78, 5) is 12.1. The minimum absolute atomic E-state index is 0.0739. The highest BCUT2D eigenvalue weighted by molar-refractivity contribution is 6.01. The highest BCUT2D eigenvalue weighted by Crippen LogP contribution is 2.17. The van der Waals surface area contributed by atoms with Crippen molar-refractivity contribution in [2.24, 2.45) is 0 Å². The van der Waals surface area contributed by atoms with Crippen LogP contribution in [-0.2, 0) is 13.0 Å². The maximum absolute atomic E-state index is 12.1. The highest BCUT2D eigenvalue weighted by Gasteiger charge is 2.14. The Morgan fingerprint density at radius 3 is 2.60 bits per heavy atom. The SMILES string of the molecule is CCn1ccc(C(=O)Nc2nnc(Cc3ccc(C(C)C)cc3)o2)n1. The average Bonchev–Trinajstić information content (AvgIpc) is 3.24. The van der Waals surface area contributed by atoms with Gasteiger partial charge in [-0.3, -0.25) is 14.8 Å². The topological polar surface area (TPSA) is 85.8 Å². The first kappa shape index (κ1) is 16.9. The van der Waals surface area contributed by atoms with E-state index in [1.807, 2.05) is 6.92 Å². The second kappa shape index (κ2) is 7.29. The fourth-order valence-corrected chi connectivity index (χ4v) is 2.39. The van der Waals surface area contributed by atoms with Crippen LogP contribution in [0.2, 0.25) is 0 Å². The molecule has 2 heterocycles. The average molecular weight is 339 g/mol. The molecule has 3 aromatic rings. The van der Waals surface area contributed by atoms with E-state index >= 15 is 0 Å². The Hall–Kier alpha value is -2.96. The zero-order valence-electron chi connectivity index (χ0n) is 14.6. The Balaban J connectivity index is 1.62. The van der Waals surface area contributed by atoms with Crippen molar-refractivity contribution in [3.8, 4) is 0 Å². The van der Waals surface area contributed by atoms with Gasteiger partial charge in [0.1, 0.15) is 0 Å². The molecule has 2 aromatic heterocycles. The summed E-state index contributed by atoms with van der Waals surface area (Å²) in [6.07, 6.45) is 2.26. The van der Waals surface area contributed by atoms with Gasteiger partial charge in [0.2, 0.25) is 5.89 Å². The van der Waals surface area contributed by atoms with Crippen molar-refractivity contribution in [1.29, 1.82) is 0 Å². The Bertz CT molecular complexity index is 848. The molecular weight excluding hydrogens is 318 g/mol. The molecule has 25 heavy (non-hydrogen) atoms. The summed E-state index contributed by atoms with van der Waals surface area (Å²) in [5.41, 5.74) is 2.67. The lowest BCUT2D eigenvalue weighted by atomic mass is 10.0. The van der Waals surface area contributed by atoms with Gasteiger partial charge in [0.25, 0.3) is 5.91 Å². The van der Waals surface area contributed by atoms with E-state index < -0.39 is 0 Å². The standard InChI is InChI=1S/C18H21N5O2/c1-4-23-10-9-15(22-23)17(24)19-18-21-20-16(25-18)11-13-5-7-14(8-6-13)12(2)3/h5-10,12H,4,11H2,1-3H3,(H,19,21,24). The Kier molecular flexibility index (Phi) is 4.92. The lowest BCUT2D eigenvalue weighted by Gasteiger charge is -2.05. The predicted molar refractivity (Wildman–Crippen MR) is 93.5 cm³/mol. The molecule has 3 rings (SSSR count). The molecule has 0 aliphatic carbocycles. The van der Waals surface area contributed by atoms with E-state index in [1.165, 1.54) is 5.56 Å². The first-order valence-electron chi connectivity index (χ1n) is 8.31. The summed E-state index contributed by atoms with van der Waals surface area (Å²) in [7, 11) is 0. The van der Waals surface area contributed by atoms with Gasteiger partial charge < -0.3 is 4.42 Å². The molecule has 0 radical (unpaired) electrons. The third-order valence-corrected chi connectivity index (χ3v) is 3.89. The molecule has 0 spiro atoms. The van der Waals surface area contributed by atoms with Crippen LogP contribution in [0.1, 0.15) is 54.2 Å². The lowest BCUT2D eigenvalue weighted by Crippen LogP contribution is -2.13. The van der Waals surface area contributed by atoms with Crippen molar-refractivity contribution in [1.82, 2.24) is 20.0 Å². The van der Waals surface area contributed by atoms with Crippen molar-refractivity contribution >= 4 is 11.9 Å². The van der Waals surface area contributed by atoms with Crippen molar-refractivity contribution in [2.45, 2.75) is 39.7 Å². The Labute approximate surface area is 146 Å². The molecule has 1 aromatic carbocycles. The number of aromatic nitrogens is 4. The van der Waals surface area contributed by atoms with Crippen molar-refractivity contribution in [3.63, 3.8) is 0 Å². The monoisotopic (exact) mass is 339 g/mol. The molecule has 7 nitrogen and oxygen atoms in total. The van der Waals surface area contributed by atoms with Crippen LogP contribution in [0, 0.1) is 0 Å². The first-order chi connectivity index (χ1) is 12.0. The quantitative estimate of drug-likeness (QED) is 0.745. The second-order valence-corrected chi connectivity index (χ2v) is 6.08. The summed E-state index contributed by atoms with van der Waals surface area (Å²) in [6, 6.07) is 10.0. The molecule has 0 atom stereocenters. The van der Waals surface area contributed by atoms with Crippen molar-refractivity contribution in [2.75, 3.05) is 5.32 Å². The Morgan fingerprint density at radius 1 is 1.20 bits per heavy atom. The van der Waals surface area contributed by atoms with Crippen LogP contribution in [0.25, 0.3) is 0 Å². The van der Waals surface area contributed by atoms with E-state index in [0.29, 0.717) is 30.5 Å². The fourth-order valence-electron chi connectivity index (χ4n) is 2.39. The smallest absolute Gasteiger partial charge is 0.322 e. The van der Waals surface area contributed by atoms with Crippen LogP contribution in [-0.4, -0.2) is 25.9 Å². The molecule has 0 fully saturated rings. The number of aryl methyl sites for hydroxylation is 1. The number of hydrogen-bond acceptors (Lipinski definition) is 5. The zero-order chi connectivity index (χ0) is 17.8. The van der Waals surface area contributed by atoms with Gasteiger partial charge in [0, 0.05) is 12.7 Å². The second-order valence-electron chi connectivity index (χ2n) is 6.08. The van der Waals surface area contributed by atoms with Gasteiger partial charge in [0.15, 0.2) is 5.69 Å². The number of anilines is 1. The molecule has 0 unspecified atom stereocenters. The molecule has 0 saturated carbocycles. The van der Waals surface area contributed by atoms with Gasteiger partial charge in [0.05, 0.1) is 6.42 Å². The molecule has 0 aliphatic rings. The number of hydrogen-bond donors (Lipinski definition) is 1. The van der Waals surface area contributed by atoms with E-state index in [0.717, 1.165) is 5.56 Å². The van der Waals surface area contributed by atoms with Crippen LogP contribution in [0.3, 0.4) is 0 Å². The van der Waals surface area contributed by atoms with Crippen LogP contribution < -0.4 is 5.32 Å². The van der Waals surface area contributed by atoms with Crippen LogP contribution in [0.15, 0.2) is 40.9 Å². The molecule has 7 heteroatoms. The fraction of sp³-hybridized carbons (Fsp3) is 0.333. The van der Waals surface area contributed by atoms with E-state index in [9.17, 15) is 4.79 Å². The molecule has 0 aliphatic heterocycles. The summed E-state index contributed by atoms with van der Waals surface area (Å²) in [6.45, 7) is 6.97. The largest absolute Gasteiger partial charge is 0.407 e. The summed E-state index contributed by atoms with van der Waals surface area (Å²) >= 11 is 0. The molecule has 1 N–H and O–H groups in total. The number of amides is 1. The van der Waals surface area contributed by atoms with Gasteiger partial charge in [-0.05, 0) is 30.0 Å². The summed E-state index contributed by atoms with van der Waals surface area (Å²) in [5, 5.41) is 14.6. The number of benzene rings is 1. The number of carbonyl (C=O) groups is 1. The van der Waals surface area contributed by atoms with Gasteiger partial charge in [-0.1, -0.05) is 43.2 Å². The Morgan fingerprint density at radius 2 is 1.96 bits per heavy atom. The van der Waals surface area contributed by atoms with Crippen molar-refractivity contribution in [3.05, 3.63) is 59.2 Å². The minimum atomic E-state index is -0.372. The van der Waals surface area contributed by atoms with Gasteiger partial charge >= 0.3 is 6.01 Å². The summed E-state index contributed by atoms with van der Waals surface area (Å²) in [5.74, 6) is 0.575. The molecule has 130 valence electrons. The summed E-state index contributed by atoms with van der Waals surface area (Å²) < 4.78 is 7.18. The zero-order valence-corrected chi connectivity index (χ0v) is 14.6. The number of carbonyl (C=O) groups excluding carboxylic acids is 1. The van der Waals surface area contributed by atoms with E-state index in [-0.39, 0.29) is 11.9 Å². The normalized spacial score (nSPS) is 11.0. The van der Waals surface area contributed by atoms with Crippen LogP contribution in [0.4, 0.5) is 6.01 Å². The maximum atomic E-state index is 12.1. The predicted octanol–water partition coefficient (Wildman–Crippen LogP) is 3.25. The van der Waals surface area contributed by atoms with Crippen molar-refractivity contribution < 1.29 is 9.21 Å². The molecule has 0 saturated heterocycles. The van der Waals surface area contributed by atoms with E-state index in [1.54, 1.807) is 16.9 Å². The number of rotatable bonds is 6. The van der Waals surface area contributed by atoms with E-state index in [2.05, 4.69) is 58.7 Å². The molecule has 0 bridgehead atoms. The lowest BCUT2D eigenvalue weighted by molar-refractivity contribution is 0.101. The van der Waals surface area contributed by atoms with Crippen LogP contribution >= 0.6 is 0 Å². The van der Waals surface area contributed by atoms with Gasteiger partial charge in [-0.15, -0.1) is 5.10 Å². The highest BCUT2D eigenvalue weighted by atomic mass is 16.4. The third kappa shape index (κ3) is 4.12. The van der Waals surface area contributed by atoms with Gasteiger partial charge in [-0.25, -0.2) is 0 Å². The third-order valence-electron chi connectivity index (χ3n) is 3.89. The van der Waals surface area contributed by atoms with Gasteiger partial charge in [-0.2, -0.15) is 5.10 Å². The first-order valence-corrected chi connectivity index (χ1v) is 8.31. The number of nitrogens with one attached hydrogen (secondary N) is 1.